The molecule has 0 saturated carbocycles. The second-order valence-electron chi connectivity index (χ2n) is 3.60. The third-order valence-corrected chi connectivity index (χ3v) is 4.19. The van der Waals surface area contributed by atoms with Crippen LogP contribution in [-0.2, 0) is 16.0 Å². The molecule has 1 aromatic carbocycles. The Morgan fingerprint density at radius 3 is 2.65 bits per heavy atom. The van der Waals surface area contributed by atoms with Crippen molar-refractivity contribution >= 4 is 40.3 Å². The number of alkyl halides is 3. The average Bonchev–Trinajstić information content (AvgIpc) is 2.31. The van der Waals surface area contributed by atoms with Crippen molar-refractivity contribution in [2.24, 2.45) is 0 Å². The first-order chi connectivity index (χ1) is 9.26. The van der Waals surface area contributed by atoms with Crippen molar-refractivity contribution in [2.45, 2.75) is 23.7 Å². The van der Waals surface area contributed by atoms with Gasteiger partial charge in [0.1, 0.15) is 6.07 Å². The maximum Gasteiger partial charge on any atom is 0.446 e. The fourth-order valence-corrected chi connectivity index (χ4v) is 3.06. The van der Waals surface area contributed by atoms with Gasteiger partial charge in [-0.15, -0.1) is 0 Å². The van der Waals surface area contributed by atoms with Crippen molar-refractivity contribution in [1.29, 1.82) is 5.26 Å². The minimum Gasteiger partial charge on any atom is -0.466 e. The number of halogens is 4. The van der Waals surface area contributed by atoms with Crippen LogP contribution < -0.4 is 0 Å². The number of thioether (sulfide) groups is 1. The normalized spacial score (nSPS) is 11.0. The van der Waals surface area contributed by atoms with Crippen molar-refractivity contribution < 1.29 is 22.7 Å². The topological polar surface area (TPSA) is 50.1 Å². The summed E-state index contributed by atoms with van der Waals surface area (Å²) in [5.74, 6) is -0.483. The number of rotatable bonds is 4. The van der Waals surface area contributed by atoms with E-state index >= 15 is 0 Å². The van der Waals surface area contributed by atoms with E-state index in [1.54, 1.807) is 35.6 Å². The van der Waals surface area contributed by atoms with E-state index in [0.717, 1.165) is 0 Å². The molecule has 108 valence electrons. The van der Waals surface area contributed by atoms with Crippen LogP contribution in [0.3, 0.4) is 0 Å². The number of hydrogen-bond donors (Lipinski definition) is 0. The van der Waals surface area contributed by atoms with Crippen molar-refractivity contribution in [3.8, 4) is 6.07 Å². The number of nitriles is 1. The van der Waals surface area contributed by atoms with Crippen LogP contribution in [0, 0.1) is 14.9 Å². The molecule has 8 heteroatoms. The lowest BCUT2D eigenvalue weighted by atomic mass is 10.1. The highest BCUT2D eigenvalue weighted by atomic mass is 127. The zero-order valence-electron chi connectivity index (χ0n) is 10.3. The second kappa shape index (κ2) is 7.17. The number of carbonyl (C=O) groups excluding carboxylic acids is 1. The minimum atomic E-state index is -4.46. The average molecular weight is 415 g/mol. The molecule has 3 nitrogen and oxygen atoms in total. The van der Waals surface area contributed by atoms with Gasteiger partial charge in [0.05, 0.1) is 18.6 Å². The van der Waals surface area contributed by atoms with Gasteiger partial charge in [0, 0.05) is 8.47 Å². The lowest BCUT2D eigenvalue weighted by Crippen LogP contribution is -2.08. The van der Waals surface area contributed by atoms with E-state index in [4.69, 9.17) is 10.00 Å². The molecule has 0 aromatic heterocycles. The molecule has 0 atom stereocenters. The van der Waals surface area contributed by atoms with Gasteiger partial charge in [-0.25, -0.2) is 0 Å². The fourth-order valence-electron chi connectivity index (χ4n) is 1.43. The quantitative estimate of drug-likeness (QED) is 0.426. The van der Waals surface area contributed by atoms with Crippen LogP contribution in [0.5, 0.6) is 0 Å². The lowest BCUT2D eigenvalue weighted by Gasteiger charge is -2.11. The number of ether oxygens (including phenoxy) is 1. The van der Waals surface area contributed by atoms with E-state index in [-0.39, 0.29) is 38.8 Å². The summed E-state index contributed by atoms with van der Waals surface area (Å²) in [6.07, 6.45) is -0.0739. The van der Waals surface area contributed by atoms with Gasteiger partial charge in [0.15, 0.2) is 0 Å². The van der Waals surface area contributed by atoms with E-state index in [2.05, 4.69) is 0 Å². The summed E-state index contributed by atoms with van der Waals surface area (Å²) in [5.41, 5.74) is -4.11. The van der Waals surface area contributed by atoms with Gasteiger partial charge in [0.25, 0.3) is 0 Å². The summed E-state index contributed by atoms with van der Waals surface area (Å²) in [7, 11) is 0. The van der Waals surface area contributed by atoms with E-state index < -0.39 is 11.5 Å². The van der Waals surface area contributed by atoms with Crippen LogP contribution in [0.25, 0.3) is 0 Å². The molecule has 0 heterocycles. The lowest BCUT2D eigenvalue weighted by molar-refractivity contribution is -0.142. The Bertz CT molecular complexity index is 555. The summed E-state index contributed by atoms with van der Waals surface area (Å²) >= 11 is 1.39. The molecule has 0 aliphatic carbocycles. The van der Waals surface area contributed by atoms with Gasteiger partial charge in [-0.1, -0.05) is 0 Å². The summed E-state index contributed by atoms with van der Waals surface area (Å²) in [6.45, 7) is 1.88. The molecule has 0 spiro atoms. The SMILES string of the molecule is CCOC(=O)Cc1cc(I)c(SC(F)(F)F)c(C#N)c1. The first-order valence-electron chi connectivity index (χ1n) is 5.40. The highest BCUT2D eigenvalue weighted by Gasteiger charge is 2.32. The molecule has 0 radical (unpaired) electrons. The van der Waals surface area contributed by atoms with Gasteiger partial charge >= 0.3 is 11.5 Å². The summed E-state index contributed by atoms with van der Waals surface area (Å²) in [4.78, 5) is 11.2. The molecule has 0 amide bonds. The molecule has 20 heavy (non-hydrogen) atoms. The highest BCUT2D eigenvalue weighted by molar-refractivity contribution is 14.1. The van der Waals surface area contributed by atoms with Crippen molar-refractivity contribution in [2.75, 3.05) is 6.61 Å². The predicted molar refractivity (Wildman–Crippen MR) is 76.1 cm³/mol. The first kappa shape index (κ1) is 17.1. The molecule has 0 N–H and O–H groups in total. The number of esters is 1. The number of carbonyl (C=O) groups is 1. The molecular formula is C12H9F3INO2S. The van der Waals surface area contributed by atoms with Crippen molar-refractivity contribution in [1.82, 2.24) is 0 Å². The summed E-state index contributed by atoms with van der Waals surface area (Å²) < 4.78 is 42.3. The monoisotopic (exact) mass is 415 g/mol. The molecular weight excluding hydrogens is 406 g/mol. The van der Waals surface area contributed by atoms with Crippen LogP contribution in [0.1, 0.15) is 18.1 Å². The highest BCUT2D eigenvalue weighted by Crippen LogP contribution is 2.41. The van der Waals surface area contributed by atoms with Crippen LogP contribution >= 0.6 is 34.4 Å². The van der Waals surface area contributed by atoms with Gasteiger partial charge in [-0.2, -0.15) is 18.4 Å². The molecule has 0 unspecified atom stereocenters. The fraction of sp³-hybridized carbons (Fsp3) is 0.333. The summed E-state index contributed by atoms with van der Waals surface area (Å²) in [6, 6.07) is 4.46. The molecule has 0 bridgehead atoms. The molecule has 0 aliphatic rings. The van der Waals surface area contributed by atoms with Gasteiger partial charge in [-0.3, -0.25) is 4.79 Å². The van der Waals surface area contributed by atoms with E-state index in [0.29, 0.717) is 5.56 Å². The van der Waals surface area contributed by atoms with Gasteiger partial charge in [0.2, 0.25) is 0 Å². The molecule has 0 saturated heterocycles. The first-order valence-corrected chi connectivity index (χ1v) is 7.30. The van der Waals surface area contributed by atoms with E-state index in [9.17, 15) is 18.0 Å². The Labute approximate surface area is 131 Å². The molecule has 1 rings (SSSR count). The number of nitrogens with zero attached hydrogens (tertiary/aromatic N) is 1. The molecule has 1 aromatic rings. The number of hydrogen-bond acceptors (Lipinski definition) is 4. The molecule has 0 aliphatic heterocycles. The Kier molecular flexibility index (Phi) is 6.13. The standard InChI is InChI=1S/C12H9F3INO2S/c1-2-19-10(18)5-7-3-8(6-17)11(9(16)4-7)20-12(13,14)15/h3-4H,2,5H2,1H3. The third-order valence-electron chi connectivity index (χ3n) is 2.10. The van der Waals surface area contributed by atoms with Gasteiger partial charge in [-0.05, 0) is 59.0 Å². The maximum absolute atomic E-state index is 12.4. The molecule has 0 fully saturated rings. The van der Waals surface area contributed by atoms with Crippen LogP contribution in [0.4, 0.5) is 13.2 Å². The zero-order valence-corrected chi connectivity index (χ0v) is 13.2. The van der Waals surface area contributed by atoms with Crippen LogP contribution in [-0.4, -0.2) is 18.1 Å². The minimum absolute atomic E-state index is 0.0739. The van der Waals surface area contributed by atoms with E-state index in [1.807, 2.05) is 0 Å². The predicted octanol–water partition coefficient (Wildman–Crippen LogP) is 3.88. The van der Waals surface area contributed by atoms with Crippen molar-refractivity contribution in [3.63, 3.8) is 0 Å². The van der Waals surface area contributed by atoms with Crippen LogP contribution in [0.15, 0.2) is 17.0 Å². The maximum atomic E-state index is 12.4. The smallest absolute Gasteiger partial charge is 0.446 e. The Morgan fingerprint density at radius 2 is 2.15 bits per heavy atom. The number of benzene rings is 1. The zero-order chi connectivity index (χ0) is 15.3. The van der Waals surface area contributed by atoms with Crippen molar-refractivity contribution in [3.05, 3.63) is 26.8 Å². The Balaban J connectivity index is 3.08. The summed E-state index contributed by atoms with van der Waals surface area (Å²) in [5, 5.41) is 8.95. The second-order valence-corrected chi connectivity index (χ2v) is 5.83. The third kappa shape index (κ3) is 5.20. The largest absolute Gasteiger partial charge is 0.466 e. The van der Waals surface area contributed by atoms with Crippen LogP contribution in [0.2, 0.25) is 0 Å². The van der Waals surface area contributed by atoms with Gasteiger partial charge < -0.3 is 4.74 Å². The Hall–Kier alpha value is -0.950. The Morgan fingerprint density at radius 1 is 1.50 bits per heavy atom. The van der Waals surface area contributed by atoms with E-state index in [1.165, 1.54) is 12.1 Å².